The van der Waals surface area contributed by atoms with E-state index in [0.29, 0.717) is 28.1 Å². The molecular weight excluding hydrogens is 494 g/mol. The minimum atomic E-state index is -4.07. The molecule has 10 nitrogen and oxygen atoms in total. The first-order valence-corrected chi connectivity index (χ1v) is 12.2. The van der Waals surface area contributed by atoms with E-state index in [1.807, 2.05) is 6.92 Å². The number of amides is 1. The molecular formula is C23H20ClN5O5S. The van der Waals surface area contributed by atoms with Crippen molar-refractivity contribution in [2.75, 3.05) is 0 Å². The minimum absolute atomic E-state index is 0.0248. The molecule has 0 spiro atoms. The van der Waals surface area contributed by atoms with Crippen LogP contribution in [0.4, 0.5) is 5.69 Å². The van der Waals surface area contributed by atoms with Gasteiger partial charge in [-0.05, 0) is 50.1 Å². The third-order valence-corrected chi connectivity index (χ3v) is 7.28. The van der Waals surface area contributed by atoms with Crippen LogP contribution in [0, 0.1) is 30.9 Å². The van der Waals surface area contributed by atoms with Crippen molar-refractivity contribution in [3.05, 3.63) is 91.9 Å². The highest BCUT2D eigenvalue weighted by molar-refractivity contribution is 7.90. The molecule has 2 aromatic carbocycles. The molecule has 0 bridgehead atoms. The van der Waals surface area contributed by atoms with E-state index in [1.165, 1.54) is 30.5 Å². The molecule has 0 aliphatic rings. The maximum absolute atomic E-state index is 12.8. The van der Waals surface area contributed by atoms with Gasteiger partial charge in [0, 0.05) is 18.3 Å². The number of nitrogens with zero attached hydrogens (tertiary/aromatic N) is 4. The van der Waals surface area contributed by atoms with E-state index < -0.39 is 20.9 Å². The summed E-state index contributed by atoms with van der Waals surface area (Å²) in [5.41, 5.74) is 2.84. The van der Waals surface area contributed by atoms with E-state index in [2.05, 4.69) is 14.7 Å². The molecule has 1 amide bonds. The molecule has 0 aliphatic carbocycles. The van der Waals surface area contributed by atoms with Crippen LogP contribution in [0.2, 0.25) is 5.02 Å². The van der Waals surface area contributed by atoms with Gasteiger partial charge in [-0.3, -0.25) is 14.9 Å². The molecule has 4 aromatic rings. The van der Waals surface area contributed by atoms with Crippen LogP contribution in [0.1, 0.15) is 32.9 Å². The fourth-order valence-electron chi connectivity index (χ4n) is 3.61. The summed E-state index contributed by atoms with van der Waals surface area (Å²) in [6.07, 6.45) is 1.30. The Kier molecular flexibility index (Phi) is 6.30. The van der Waals surface area contributed by atoms with Crippen LogP contribution < -0.4 is 4.72 Å². The van der Waals surface area contributed by atoms with Crippen LogP contribution in [-0.4, -0.2) is 33.8 Å². The van der Waals surface area contributed by atoms with E-state index in [1.54, 1.807) is 36.6 Å². The second-order valence-electron chi connectivity index (χ2n) is 7.99. The van der Waals surface area contributed by atoms with Gasteiger partial charge >= 0.3 is 0 Å². The standard InChI is InChI=1S/C23H20ClN5O5S/c1-13-4-8-18(9-5-13)35(33,34)27-23(30)19-11-25-22-21(14(19)2)26-15(3)28(22)12-16-6-7-17(29(31)32)10-20(16)24/h4-11H,12H2,1-3H3,(H,27,30). The Morgan fingerprint density at radius 3 is 2.46 bits per heavy atom. The Hall–Kier alpha value is -3.83. The number of fused-ring (bicyclic) bond motifs is 1. The number of benzene rings is 2. The number of carbonyl (C=O) groups is 1. The highest BCUT2D eigenvalue weighted by Crippen LogP contribution is 2.26. The quantitative estimate of drug-likeness (QED) is 0.303. The van der Waals surface area contributed by atoms with Crippen molar-refractivity contribution in [3.63, 3.8) is 0 Å². The van der Waals surface area contributed by atoms with Gasteiger partial charge in [-0.2, -0.15) is 0 Å². The van der Waals surface area contributed by atoms with Crippen molar-refractivity contribution in [2.45, 2.75) is 32.2 Å². The fraction of sp³-hybridized carbons (Fsp3) is 0.174. The zero-order chi connectivity index (χ0) is 25.5. The lowest BCUT2D eigenvalue weighted by Crippen LogP contribution is -2.31. The average molecular weight is 514 g/mol. The number of nitrogens with one attached hydrogen (secondary N) is 1. The molecule has 0 atom stereocenters. The number of rotatable bonds is 6. The highest BCUT2D eigenvalue weighted by atomic mass is 35.5. The first-order chi connectivity index (χ1) is 16.5. The van der Waals surface area contributed by atoms with Crippen molar-refractivity contribution >= 4 is 44.4 Å². The maximum atomic E-state index is 12.8. The Morgan fingerprint density at radius 1 is 1.14 bits per heavy atom. The van der Waals surface area contributed by atoms with Crippen molar-refractivity contribution in [2.24, 2.45) is 0 Å². The summed E-state index contributed by atoms with van der Waals surface area (Å²) >= 11 is 6.24. The van der Waals surface area contributed by atoms with Gasteiger partial charge in [-0.15, -0.1) is 0 Å². The first-order valence-electron chi connectivity index (χ1n) is 10.4. The predicted octanol–water partition coefficient (Wildman–Crippen LogP) is 4.09. The normalized spacial score (nSPS) is 11.5. The molecule has 12 heteroatoms. The number of carbonyl (C=O) groups excluding carboxylic acids is 1. The van der Waals surface area contributed by atoms with Gasteiger partial charge in [0.25, 0.3) is 21.6 Å². The monoisotopic (exact) mass is 513 g/mol. The van der Waals surface area contributed by atoms with Crippen LogP contribution in [0.5, 0.6) is 0 Å². The number of hydrogen-bond acceptors (Lipinski definition) is 7. The zero-order valence-electron chi connectivity index (χ0n) is 18.9. The topological polar surface area (TPSA) is 137 Å². The molecule has 180 valence electrons. The summed E-state index contributed by atoms with van der Waals surface area (Å²) < 4.78 is 29.1. The van der Waals surface area contributed by atoms with Gasteiger partial charge in [0.1, 0.15) is 11.3 Å². The summed E-state index contributed by atoms with van der Waals surface area (Å²) in [4.78, 5) is 32.1. The lowest BCUT2D eigenvalue weighted by Gasteiger charge is -2.10. The number of sulfonamides is 1. The van der Waals surface area contributed by atoms with Gasteiger partial charge in [0.15, 0.2) is 5.65 Å². The molecule has 2 aromatic heterocycles. The molecule has 0 aliphatic heterocycles. The van der Waals surface area contributed by atoms with Crippen molar-refractivity contribution in [1.29, 1.82) is 0 Å². The van der Waals surface area contributed by atoms with Gasteiger partial charge in [0.2, 0.25) is 0 Å². The van der Waals surface area contributed by atoms with Gasteiger partial charge < -0.3 is 4.57 Å². The number of pyridine rings is 1. The van der Waals surface area contributed by atoms with E-state index in [9.17, 15) is 23.3 Å². The van der Waals surface area contributed by atoms with Crippen LogP contribution in [0.3, 0.4) is 0 Å². The zero-order valence-corrected chi connectivity index (χ0v) is 20.5. The van der Waals surface area contributed by atoms with Crippen LogP contribution >= 0.6 is 11.6 Å². The smallest absolute Gasteiger partial charge is 0.270 e. The number of non-ortho nitro benzene ring substituents is 1. The Labute approximate surface area is 205 Å². The van der Waals surface area contributed by atoms with Crippen molar-refractivity contribution in [1.82, 2.24) is 19.3 Å². The summed E-state index contributed by atoms with van der Waals surface area (Å²) in [6.45, 7) is 5.49. The molecule has 0 saturated carbocycles. The third kappa shape index (κ3) is 4.73. The maximum Gasteiger partial charge on any atom is 0.270 e. The number of nitro benzene ring substituents is 1. The van der Waals surface area contributed by atoms with Crippen LogP contribution in [0.25, 0.3) is 11.2 Å². The first kappa shape index (κ1) is 24.3. The van der Waals surface area contributed by atoms with Gasteiger partial charge in [0.05, 0.1) is 26.9 Å². The van der Waals surface area contributed by atoms with Crippen molar-refractivity contribution in [3.8, 4) is 0 Å². The second-order valence-corrected chi connectivity index (χ2v) is 10.1. The molecule has 0 unspecified atom stereocenters. The van der Waals surface area contributed by atoms with E-state index in [-0.39, 0.29) is 27.7 Å². The number of hydrogen-bond donors (Lipinski definition) is 1. The minimum Gasteiger partial charge on any atom is -0.308 e. The summed E-state index contributed by atoms with van der Waals surface area (Å²) in [7, 11) is -4.07. The molecule has 0 fully saturated rings. The van der Waals surface area contributed by atoms with Gasteiger partial charge in [-0.25, -0.2) is 23.1 Å². The molecule has 0 saturated heterocycles. The number of nitro groups is 1. The van der Waals surface area contributed by atoms with Crippen LogP contribution in [-0.2, 0) is 16.6 Å². The summed E-state index contributed by atoms with van der Waals surface area (Å²) in [5, 5.41) is 11.2. The lowest BCUT2D eigenvalue weighted by molar-refractivity contribution is -0.384. The Bertz CT molecular complexity index is 1600. The predicted molar refractivity (Wildman–Crippen MR) is 130 cm³/mol. The number of aryl methyl sites for hydroxylation is 3. The van der Waals surface area contributed by atoms with Crippen molar-refractivity contribution < 1.29 is 18.1 Å². The third-order valence-electron chi connectivity index (χ3n) is 5.59. The molecule has 0 radical (unpaired) electrons. The van der Waals surface area contributed by atoms with Crippen LogP contribution in [0.15, 0.2) is 53.6 Å². The molecule has 2 heterocycles. The summed E-state index contributed by atoms with van der Waals surface area (Å²) in [6, 6.07) is 10.3. The largest absolute Gasteiger partial charge is 0.308 e. The molecule has 4 rings (SSSR count). The molecule has 1 N–H and O–H groups in total. The number of halogens is 1. The van der Waals surface area contributed by atoms with Gasteiger partial charge in [-0.1, -0.05) is 29.3 Å². The molecule has 35 heavy (non-hydrogen) atoms. The second kappa shape index (κ2) is 9.08. The fourth-order valence-corrected chi connectivity index (χ4v) is 4.81. The average Bonchev–Trinajstić information content (AvgIpc) is 3.11. The summed E-state index contributed by atoms with van der Waals surface area (Å²) in [5.74, 6) is -0.238. The Balaban J connectivity index is 1.66. The van der Waals surface area contributed by atoms with E-state index in [4.69, 9.17) is 11.6 Å². The number of aromatic nitrogens is 3. The van der Waals surface area contributed by atoms with E-state index in [0.717, 1.165) is 5.56 Å². The van der Waals surface area contributed by atoms with E-state index >= 15 is 0 Å². The Morgan fingerprint density at radius 2 is 1.83 bits per heavy atom. The SMILES string of the molecule is Cc1ccc(S(=O)(=O)NC(=O)c2cnc3c(nc(C)n3Cc3ccc([N+](=O)[O-])cc3Cl)c2C)cc1. The lowest BCUT2D eigenvalue weighted by atomic mass is 10.1. The number of imidazole rings is 1. The highest BCUT2D eigenvalue weighted by Gasteiger charge is 2.23.